The predicted molar refractivity (Wildman–Crippen MR) is 50.1 cm³/mol. The second kappa shape index (κ2) is 4.07. The van der Waals surface area contributed by atoms with Crippen LogP contribution in [0.4, 0.5) is 0 Å². The SMILES string of the molecule is C[C@H](N)C(=O)NC1(CO)CCCC1. The normalized spacial score (nSPS) is 22.7. The Labute approximate surface area is 78.5 Å². The van der Waals surface area contributed by atoms with E-state index in [1.807, 2.05) is 0 Å². The van der Waals surface area contributed by atoms with E-state index >= 15 is 0 Å². The number of aliphatic hydroxyl groups excluding tert-OH is 1. The number of aliphatic hydroxyl groups is 1. The first kappa shape index (κ1) is 10.5. The topological polar surface area (TPSA) is 75.4 Å². The number of nitrogens with one attached hydrogen (secondary N) is 1. The van der Waals surface area contributed by atoms with Crippen molar-refractivity contribution in [2.75, 3.05) is 6.61 Å². The molecule has 0 spiro atoms. The summed E-state index contributed by atoms with van der Waals surface area (Å²) in [6.45, 7) is 1.67. The first-order chi connectivity index (χ1) is 6.09. The molecule has 0 aromatic carbocycles. The molecule has 0 heterocycles. The fourth-order valence-corrected chi connectivity index (χ4v) is 1.75. The maximum Gasteiger partial charge on any atom is 0.237 e. The van der Waals surface area contributed by atoms with E-state index in [4.69, 9.17) is 5.73 Å². The fourth-order valence-electron chi connectivity index (χ4n) is 1.75. The average Bonchev–Trinajstić information content (AvgIpc) is 2.54. The van der Waals surface area contributed by atoms with E-state index in [1.165, 1.54) is 0 Å². The van der Waals surface area contributed by atoms with E-state index in [9.17, 15) is 9.90 Å². The van der Waals surface area contributed by atoms with Gasteiger partial charge in [0, 0.05) is 0 Å². The van der Waals surface area contributed by atoms with Crippen LogP contribution in [-0.2, 0) is 4.79 Å². The summed E-state index contributed by atoms with van der Waals surface area (Å²) in [7, 11) is 0. The van der Waals surface area contributed by atoms with Gasteiger partial charge in [-0.05, 0) is 19.8 Å². The first-order valence-corrected chi connectivity index (χ1v) is 4.78. The smallest absolute Gasteiger partial charge is 0.237 e. The van der Waals surface area contributed by atoms with Crippen molar-refractivity contribution < 1.29 is 9.90 Å². The average molecular weight is 186 g/mol. The summed E-state index contributed by atoms with van der Waals surface area (Å²) < 4.78 is 0. The molecule has 0 aromatic rings. The van der Waals surface area contributed by atoms with Crippen molar-refractivity contribution in [1.82, 2.24) is 5.32 Å². The molecule has 1 saturated carbocycles. The van der Waals surface area contributed by atoms with Gasteiger partial charge in [0.25, 0.3) is 0 Å². The molecule has 1 rings (SSSR count). The maximum atomic E-state index is 11.3. The van der Waals surface area contributed by atoms with Crippen LogP contribution in [0.5, 0.6) is 0 Å². The van der Waals surface area contributed by atoms with Gasteiger partial charge in [-0.15, -0.1) is 0 Å². The van der Waals surface area contributed by atoms with Crippen LogP contribution >= 0.6 is 0 Å². The summed E-state index contributed by atoms with van der Waals surface area (Å²) in [6.07, 6.45) is 3.86. The lowest BCUT2D eigenvalue weighted by Crippen LogP contribution is -2.53. The molecule has 4 N–H and O–H groups in total. The molecule has 13 heavy (non-hydrogen) atoms. The predicted octanol–water partition coefficient (Wildman–Crippen LogP) is -0.245. The molecule has 1 aliphatic carbocycles. The highest BCUT2D eigenvalue weighted by Crippen LogP contribution is 2.28. The number of hydrogen-bond acceptors (Lipinski definition) is 3. The highest BCUT2D eigenvalue weighted by Gasteiger charge is 2.34. The van der Waals surface area contributed by atoms with Gasteiger partial charge < -0.3 is 16.2 Å². The van der Waals surface area contributed by atoms with Crippen LogP contribution in [0.2, 0.25) is 0 Å². The summed E-state index contributed by atoms with van der Waals surface area (Å²) in [4.78, 5) is 11.3. The summed E-state index contributed by atoms with van der Waals surface area (Å²) in [6, 6.07) is -0.496. The van der Waals surface area contributed by atoms with Crippen LogP contribution in [0, 0.1) is 0 Å². The third-order valence-corrected chi connectivity index (χ3v) is 2.67. The number of nitrogens with two attached hydrogens (primary N) is 1. The Kier molecular flexibility index (Phi) is 3.27. The van der Waals surface area contributed by atoms with Crippen molar-refractivity contribution in [2.24, 2.45) is 5.73 Å². The number of carbonyl (C=O) groups excluding carboxylic acids is 1. The minimum atomic E-state index is -0.496. The van der Waals surface area contributed by atoms with E-state index in [0.29, 0.717) is 0 Å². The Morgan fingerprint density at radius 2 is 2.15 bits per heavy atom. The van der Waals surface area contributed by atoms with Gasteiger partial charge in [-0.25, -0.2) is 0 Å². The van der Waals surface area contributed by atoms with Gasteiger partial charge in [-0.2, -0.15) is 0 Å². The van der Waals surface area contributed by atoms with Gasteiger partial charge in [0.1, 0.15) is 0 Å². The molecular formula is C9H18N2O2. The molecule has 0 radical (unpaired) electrons. The van der Waals surface area contributed by atoms with Crippen LogP contribution < -0.4 is 11.1 Å². The van der Waals surface area contributed by atoms with Crippen LogP contribution in [0.25, 0.3) is 0 Å². The van der Waals surface area contributed by atoms with Crippen LogP contribution in [0.3, 0.4) is 0 Å². The Morgan fingerprint density at radius 3 is 2.54 bits per heavy atom. The van der Waals surface area contributed by atoms with Crippen molar-refractivity contribution in [3.05, 3.63) is 0 Å². The molecule has 76 valence electrons. The lowest BCUT2D eigenvalue weighted by Gasteiger charge is -2.28. The monoisotopic (exact) mass is 186 g/mol. The zero-order valence-corrected chi connectivity index (χ0v) is 8.05. The summed E-state index contributed by atoms with van der Waals surface area (Å²) in [5.41, 5.74) is 5.05. The zero-order valence-electron chi connectivity index (χ0n) is 8.05. The molecule has 4 heteroatoms. The molecule has 1 atom stereocenters. The van der Waals surface area contributed by atoms with E-state index in [1.54, 1.807) is 6.92 Å². The fraction of sp³-hybridized carbons (Fsp3) is 0.889. The van der Waals surface area contributed by atoms with Crippen molar-refractivity contribution in [1.29, 1.82) is 0 Å². The van der Waals surface area contributed by atoms with Crippen molar-refractivity contribution in [3.8, 4) is 0 Å². The van der Waals surface area contributed by atoms with Gasteiger partial charge >= 0.3 is 0 Å². The largest absolute Gasteiger partial charge is 0.394 e. The van der Waals surface area contributed by atoms with Crippen LogP contribution in [-0.4, -0.2) is 29.2 Å². The lowest BCUT2D eigenvalue weighted by molar-refractivity contribution is -0.124. The van der Waals surface area contributed by atoms with Crippen molar-refractivity contribution >= 4 is 5.91 Å². The maximum absolute atomic E-state index is 11.3. The molecule has 0 aromatic heterocycles. The highest BCUT2D eigenvalue weighted by molar-refractivity contribution is 5.81. The minimum Gasteiger partial charge on any atom is -0.394 e. The van der Waals surface area contributed by atoms with Crippen molar-refractivity contribution in [3.63, 3.8) is 0 Å². The zero-order chi connectivity index (χ0) is 9.90. The van der Waals surface area contributed by atoms with Gasteiger partial charge in [0.05, 0.1) is 18.2 Å². The molecule has 0 saturated heterocycles. The van der Waals surface area contributed by atoms with Gasteiger partial charge in [0.2, 0.25) is 5.91 Å². The Bertz CT molecular complexity index is 186. The van der Waals surface area contributed by atoms with Gasteiger partial charge in [-0.1, -0.05) is 12.8 Å². The summed E-state index contributed by atoms with van der Waals surface area (Å²) in [5.74, 6) is -0.170. The number of amides is 1. The van der Waals surface area contributed by atoms with E-state index in [2.05, 4.69) is 5.32 Å². The third-order valence-electron chi connectivity index (χ3n) is 2.67. The second-order valence-electron chi connectivity index (χ2n) is 3.92. The van der Waals surface area contributed by atoms with E-state index < -0.39 is 6.04 Å². The molecule has 1 amide bonds. The minimum absolute atomic E-state index is 0.0193. The standard InChI is InChI=1S/C9H18N2O2/c1-7(10)8(13)11-9(6-12)4-2-3-5-9/h7,12H,2-6,10H2,1H3,(H,11,13)/t7-/m0/s1. The van der Waals surface area contributed by atoms with Gasteiger partial charge in [0.15, 0.2) is 0 Å². The quantitative estimate of drug-likeness (QED) is 0.569. The summed E-state index contributed by atoms with van der Waals surface area (Å²) in [5, 5.41) is 12.0. The molecule has 0 aliphatic heterocycles. The van der Waals surface area contributed by atoms with Crippen molar-refractivity contribution in [2.45, 2.75) is 44.2 Å². The molecule has 1 aliphatic rings. The Hall–Kier alpha value is -0.610. The lowest BCUT2D eigenvalue weighted by atomic mass is 9.98. The third kappa shape index (κ3) is 2.42. The van der Waals surface area contributed by atoms with E-state index in [0.717, 1.165) is 25.7 Å². The first-order valence-electron chi connectivity index (χ1n) is 4.78. The van der Waals surface area contributed by atoms with E-state index in [-0.39, 0.29) is 18.1 Å². The number of carbonyl (C=O) groups is 1. The van der Waals surface area contributed by atoms with Crippen LogP contribution in [0.1, 0.15) is 32.6 Å². The number of rotatable bonds is 3. The highest BCUT2D eigenvalue weighted by atomic mass is 16.3. The Balaban J connectivity index is 2.53. The second-order valence-corrected chi connectivity index (χ2v) is 3.92. The molecular weight excluding hydrogens is 168 g/mol. The van der Waals surface area contributed by atoms with Gasteiger partial charge in [-0.3, -0.25) is 4.79 Å². The Morgan fingerprint density at radius 1 is 1.62 bits per heavy atom. The molecule has 0 bridgehead atoms. The molecule has 1 fully saturated rings. The van der Waals surface area contributed by atoms with Crippen LogP contribution in [0.15, 0.2) is 0 Å². The molecule has 4 nitrogen and oxygen atoms in total. The summed E-state index contributed by atoms with van der Waals surface area (Å²) >= 11 is 0. The molecule has 0 unspecified atom stereocenters. The number of hydrogen-bond donors (Lipinski definition) is 3.